The van der Waals surface area contributed by atoms with Crippen LogP contribution in [0, 0.1) is 0 Å². The summed E-state index contributed by atoms with van der Waals surface area (Å²) in [5.41, 5.74) is 0. The third kappa shape index (κ3) is 2.94. The van der Waals surface area contributed by atoms with E-state index in [2.05, 4.69) is 0 Å². The minimum atomic E-state index is -0.863. The molecule has 1 atom stereocenters. The largest absolute Gasteiger partial charge is 0.480 e. The summed E-state index contributed by atoms with van der Waals surface area (Å²) >= 11 is 0. The van der Waals surface area contributed by atoms with Gasteiger partial charge in [0.1, 0.15) is 6.04 Å². The van der Waals surface area contributed by atoms with E-state index in [1.807, 2.05) is 4.90 Å². The number of piperidine rings is 1. The monoisotopic (exact) mass is 254 g/mol. The number of hydrogen-bond acceptors (Lipinski definition) is 2. The first-order chi connectivity index (χ1) is 8.70. The van der Waals surface area contributed by atoms with Gasteiger partial charge in [-0.2, -0.15) is 0 Å². The zero-order chi connectivity index (χ0) is 13.0. The SMILES string of the molecule is O=C(O)[C@@H]1CCCCN1C(=O)N1CCCCCC1. The lowest BCUT2D eigenvalue weighted by Gasteiger charge is -2.36. The predicted molar refractivity (Wildman–Crippen MR) is 67.4 cm³/mol. The number of rotatable bonds is 1. The first kappa shape index (κ1) is 13.2. The molecule has 5 heteroatoms. The summed E-state index contributed by atoms with van der Waals surface area (Å²) < 4.78 is 0. The molecular weight excluding hydrogens is 232 g/mol. The molecule has 5 nitrogen and oxygen atoms in total. The maximum absolute atomic E-state index is 12.4. The Labute approximate surface area is 108 Å². The summed E-state index contributed by atoms with van der Waals surface area (Å²) in [5, 5.41) is 9.20. The molecule has 102 valence electrons. The van der Waals surface area contributed by atoms with Crippen molar-refractivity contribution in [3.8, 4) is 0 Å². The van der Waals surface area contributed by atoms with Gasteiger partial charge in [-0.05, 0) is 32.1 Å². The molecule has 0 unspecified atom stereocenters. The lowest BCUT2D eigenvalue weighted by Crippen LogP contribution is -2.53. The van der Waals surface area contributed by atoms with Crippen LogP contribution in [0.5, 0.6) is 0 Å². The van der Waals surface area contributed by atoms with Crippen LogP contribution < -0.4 is 0 Å². The maximum atomic E-state index is 12.4. The molecule has 0 aliphatic carbocycles. The molecule has 2 heterocycles. The molecule has 0 aromatic carbocycles. The standard InChI is InChI=1S/C13H22N2O3/c16-12(17)11-7-3-6-10-15(11)13(18)14-8-4-1-2-5-9-14/h11H,1-10H2,(H,16,17)/t11-/m0/s1. The van der Waals surface area contributed by atoms with E-state index in [1.54, 1.807) is 4.90 Å². The molecule has 0 saturated carbocycles. The van der Waals surface area contributed by atoms with Gasteiger partial charge >= 0.3 is 12.0 Å². The molecule has 2 fully saturated rings. The van der Waals surface area contributed by atoms with E-state index in [4.69, 9.17) is 0 Å². The van der Waals surface area contributed by atoms with Crippen LogP contribution in [0.25, 0.3) is 0 Å². The fourth-order valence-corrected chi connectivity index (χ4v) is 2.86. The fraction of sp³-hybridized carbons (Fsp3) is 0.846. The van der Waals surface area contributed by atoms with E-state index in [-0.39, 0.29) is 6.03 Å². The van der Waals surface area contributed by atoms with Crippen molar-refractivity contribution >= 4 is 12.0 Å². The summed E-state index contributed by atoms with van der Waals surface area (Å²) in [6, 6.07) is -0.682. The van der Waals surface area contributed by atoms with Gasteiger partial charge in [-0.1, -0.05) is 12.8 Å². The van der Waals surface area contributed by atoms with Gasteiger partial charge in [-0.3, -0.25) is 0 Å². The summed E-state index contributed by atoms with van der Waals surface area (Å²) in [6.45, 7) is 2.15. The Morgan fingerprint density at radius 1 is 0.889 bits per heavy atom. The summed E-state index contributed by atoms with van der Waals surface area (Å²) in [7, 11) is 0. The third-order valence-corrected chi connectivity index (χ3v) is 3.91. The van der Waals surface area contributed by atoms with E-state index in [0.29, 0.717) is 13.0 Å². The van der Waals surface area contributed by atoms with Crippen molar-refractivity contribution in [2.24, 2.45) is 0 Å². The molecule has 2 aliphatic rings. The Hall–Kier alpha value is -1.26. The minimum absolute atomic E-state index is 0.0657. The van der Waals surface area contributed by atoms with Crippen molar-refractivity contribution in [2.75, 3.05) is 19.6 Å². The number of carboxylic acids is 1. The molecule has 1 N–H and O–H groups in total. The lowest BCUT2D eigenvalue weighted by atomic mass is 10.0. The van der Waals surface area contributed by atoms with Gasteiger partial charge in [0.25, 0.3) is 0 Å². The Bertz CT molecular complexity index is 311. The first-order valence-corrected chi connectivity index (χ1v) is 6.98. The Morgan fingerprint density at radius 3 is 2.11 bits per heavy atom. The maximum Gasteiger partial charge on any atom is 0.326 e. The number of carboxylic acid groups (broad SMARTS) is 1. The quantitative estimate of drug-likeness (QED) is 0.777. The topological polar surface area (TPSA) is 60.9 Å². The van der Waals surface area contributed by atoms with Gasteiger partial charge in [0, 0.05) is 19.6 Å². The van der Waals surface area contributed by atoms with Crippen molar-refractivity contribution in [3.63, 3.8) is 0 Å². The molecule has 0 aromatic rings. The number of hydrogen-bond donors (Lipinski definition) is 1. The molecule has 2 aliphatic heterocycles. The van der Waals surface area contributed by atoms with Crippen LogP contribution >= 0.6 is 0 Å². The summed E-state index contributed by atoms with van der Waals surface area (Å²) in [6.07, 6.45) is 6.84. The fourth-order valence-electron chi connectivity index (χ4n) is 2.86. The van der Waals surface area contributed by atoms with Gasteiger partial charge in [0.15, 0.2) is 0 Å². The number of aliphatic carboxylic acids is 1. The van der Waals surface area contributed by atoms with Crippen molar-refractivity contribution in [3.05, 3.63) is 0 Å². The number of urea groups is 1. The molecule has 0 spiro atoms. The van der Waals surface area contributed by atoms with Gasteiger partial charge in [0.05, 0.1) is 0 Å². The molecule has 18 heavy (non-hydrogen) atoms. The van der Waals surface area contributed by atoms with Gasteiger partial charge in [-0.15, -0.1) is 0 Å². The van der Waals surface area contributed by atoms with Crippen molar-refractivity contribution < 1.29 is 14.7 Å². The second-order valence-electron chi connectivity index (χ2n) is 5.23. The van der Waals surface area contributed by atoms with Crippen molar-refractivity contribution in [1.82, 2.24) is 9.80 Å². The van der Waals surface area contributed by atoms with Crippen LogP contribution in [0.3, 0.4) is 0 Å². The van der Waals surface area contributed by atoms with E-state index in [9.17, 15) is 14.7 Å². The molecule has 0 radical (unpaired) electrons. The summed E-state index contributed by atoms with van der Waals surface area (Å²) in [4.78, 5) is 27.0. The predicted octanol–water partition coefficient (Wildman–Crippen LogP) is 1.92. The lowest BCUT2D eigenvalue weighted by molar-refractivity contribution is -0.143. The van der Waals surface area contributed by atoms with Gasteiger partial charge < -0.3 is 14.9 Å². The zero-order valence-electron chi connectivity index (χ0n) is 10.8. The molecule has 2 rings (SSSR count). The van der Waals surface area contributed by atoms with Crippen LogP contribution in [0.15, 0.2) is 0 Å². The van der Waals surface area contributed by atoms with Gasteiger partial charge in [0.2, 0.25) is 0 Å². The number of amides is 2. The number of nitrogens with zero attached hydrogens (tertiary/aromatic N) is 2. The number of carbonyl (C=O) groups is 2. The van der Waals surface area contributed by atoms with E-state index in [1.165, 1.54) is 12.8 Å². The van der Waals surface area contributed by atoms with Crippen LogP contribution in [0.2, 0.25) is 0 Å². The normalized spacial score (nSPS) is 25.7. The Morgan fingerprint density at radius 2 is 1.50 bits per heavy atom. The number of likely N-dealkylation sites (tertiary alicyclic amines) is 2. The van der Waals surface area contributed by atoms with Crippen LogP contribution in [-0.4, -0.2) is 52.6 Å². The van der Waals surface area contributed by atoms with Crippen LogP contribution in [-0.2, 0) is 4.79 Å². The van der Waals surface area contributed by atoms with E-state index in [0.717, 1.165) is 38.8 Å². The average Bonchev–Trinajstić information content (AvgIpc) is 2.66. The molecule has 0 aromatic heterocycles. The first-order valence-electron chi connectivity index (χ1n) is 6.98. The summed E-state index contributed by atoms with van der Waals surface area (Å²) in [5.74, 6) is -0.863. The highest BCUT2D eigenvalue weighted by atomic mass is 16.4. The molecule has 2 amide bonds. The second kappa shape index (κ2) is 6.07. The third-order valence-electron chi connectivity index (χ3n) is 3.91. The molecular formula is C13H22N2O3. The van der Waals surface area contributed by atoms with Crippen LogP contribution in [0.1, 0.15) is 44.9 Å². The van der Waals surface area contributed by atoms with Crippen molar-refractivity contribution in [2.45, 2.75) is 51.0 Å². The smallest absolute Gasteiger partial charge is 0.326 e. The second-order valence-corrected chi connectivity index (χ2v) is 5.23. The van der Waals surface area contributed by atoms with Gasteiger partial charge in [-0.25, -0.2) is 9.59 Å². The van der Waals surface area contributed by atoms with E-state index < -0.39 is 12.0 Å². The Kier molecular flexibility index (Phi) is 4.44. The zero-order valence-corrected chi connectivity index (χ0v) is 10.8. The van der Waals surface area contributed by atoms with Crippen LogP contribution in [0.4, 0.5) is 4.79 Å². The minimum Gasteiger partial charge on any atom is -0.480 e. The molecule has 0 bridgehead atoms. The molecule has 2 saturated heterocycles. The Balaban J connectivity index is 2.02. The highest BCUT2D eigenvalue weighted by molar-refractivity contribution is 5.83. The highest BCUT2D eigenvalue weighted by Gasteiger charge is 2.34. The van der Waals surface area contributed by atoms with Crippen molar-refractivity contribution in [1.29, 1.82) is 0 Å². The van der Waals surface area contributed by atoms with E-state index >= 15 is 0 Å². The highest BCUT2D eigenvalue weighted by Crippen LogP contribution is 2.20. The number of carbonyl (C=O) groups excluding carboxylic acids is 1. The average molecular weight is 254 g/mol.